The molecule has 2 nitrogen and oxygen atoms in total. The maximum Gasteiger partial charge on any atom is 0.0593 e. The number of hydrogen-bond acceptors (Lipinski definition) is 2. The molecule has 0 radical (unpaired) electrons. The standard InChI is InChI=1S/C11H15BrClNO/c12-11-9(13)5-4-6-10(11)14-7-2-1-3-8-15/h4-6,14-15H,1-3,7-8H2. The summed E-state index contributed by atoms with van der Waals surface area (Å²) < 4.78 is 0.911. The highest BCUT2D eigenvalue weighted by Crippen LogP contribution is 2.29. The van der Waals surface area contributed by atoms with Crippen molar-refractivity contribution in [1.29, 1.82) is 0 Å². The number of anilines is 1. The normalized spacial score (nSPS) is 10.3. The molecule has 15 heavy (non-hydrogen) atoms. The Bertz CT molecular complexity index is 307. The molecular formula is C11H15BrClNO. The molecule has 0 aromatic heterocycles. The number of benzene rings is 1. The summed E-state index contributed by atoms with van der Waals surface area (Å²) in [5.41, 5.74) is 1.02. The minimum absolute atomic E-state index is 0.279. The lowest BCUT2D eigenvalue weighted by Gasteiger charge is -2.08. The Labute approximate surface area is 104 Å². The zero-order valence-corrected chi connectivity index (χ0v) is 10.8. The minimum Gasteiger partial charge on any atom is -0.396 e. The molecule has 0 spiro atoms. The molecule has 0 fully saturated rings. The molecule has 0 bridgehead atoms. The summed E-state index contributed by atoms with van der Waals surface area (Å²) in [6.45, 7) is 1.18. The molecule has 0 atom stereocenters. The van der Waals surface area contributed by atoms with Gasteiger partial charge in [-0.2, -0.15) is 0 Å². The van der Waals surface area contributed by atoms with Gasteiger partial charge in [0.05, 0.1) is 9.50 Å². The summed E-state index contributed by atoms with van der Waals surface area (Å²) in [5.74, 6) is 0. The van der Waals surface area contributed by atoms with E-state index in [1.54, 1.807) is 0 Å². The van der Waals surface area contributed by atoms with Crippen molar-refractivity contribution < 1.29 is 5.11 Å². The fourth-order valence-electron chi connectivity index (χ4n) is 1.28. The van der Waals surface area contributed by atoms with Gasteiger partial charge in [0.25, 0.3) is 0 Å². The number of rotatable bonds is 6. The molecule has 0 amide bonds. The fraction of sp³-hybridized carbons (Fsp3) is 0.455. The van der Waals surface area contributed by atoms with E-state index in [-0.39, 0.29) is 6.61 Å². The monoisotopic (exact) mass is 291 g/mol. The highest BCUT2D eigenvalue weighted by molar-refractivity contribution is 9.10. The van der Waals surface area contributed by atoms with Crippen LogP contribution in [0.1, 0.15) is 19.3 Å². The number of unbranched alkanes of at least 4 members (excludes halogenated alkanes) is 2. The van der Waals surface area contributed by atoms with E-state index in [2.05, 4.69) is 21.2 Å². The first kappa shape index (κ1) is 12.8. The minimum atomic E-state index is 0.279. The molecule has 0 aliphatic carbocycles. The van der Waals surface area contributed by atoms with Crippen LogP contribution in [0.2, 0.25) is 5.02 Å². The molecule has 0 saturated heterocycles. The van der Waals surface area contributed by atoms with E-state index in [9.17, 15) is 0 Å². The van der Waals surface area contributed by atoms with E-state index in [4.69, 9.17) is 16.7 Å². The van der Waals surface area contributed by atoms with Gasteiger partial charge in [-0.3, -0.25) is 0 Å². The van der Waals surface area contributed by atoms with Gasteiger partial charge >= 0.3 is 0 Å². The number of aliphatic hydroxyl groups excluding tert-OH is 1. The molecule has 0 aliphatic rings. The van der Waals surface area contributed by atoms with E-state index in [0.717, 1.165) is 41.0 Å². The van der Waals surface area contributed by atoms with Gasteiger partial charge < -0.3 is 10.4 Å². The maximum absolute atomic E-state index is 8.62. The van der Waals surface area contributed by atoms with E-state index < -0.39 is 0 Å². The summed E-state index contributed by atoms with van der Waals surface area (Å²) in [6.07, 6.45) is 2.97. The number of halogens is 2. The van der Waals surface area contributed by atoms with Crippen LogP contribution >= 0.6 is 27.5 Å². The van der Waals surface area contributed by atoms with Crippen LogP contribution in [0, 0.1) is 0 Å². The van der Waals surface area contributed by atoms with Crippen molar-refractivity contribution in [2.24, 2.45) is 0 Å². The second-order valence-electron chi connectivity index (χ2n) is 3.31. The zero-order valence-electron chi connectivity index (χ0n) is 8.47. The summed E-state index contributed by atoms with van der Waals surface area (Å²) in [5, 5.41) is 12.6. The van der Waals surface area contributed by atoms with Crippen molar-refractivity contribution in [3.63, 3.8) is 0 Å². The van der Waals surface area contributed by atoms with Crippen LogP contribution in [0.15, 0.2) is 22.7 Å². The zero-order chi connectivity index (χ0) is 11.1. The van der Waals surface area contributed by atoms with Crippen LogP contribution < -0.4 is 5.32 Å². The Balaban J connectivity index is 2.34. The van der Waals surface area contributed by atoms with Crippen LogP contribution in [0.5, 0.6) is 0 Å². The largest absolute Gasteiger partial charge is 0.396 e. The van der Waals surface area contributed by atoms with Crippen molar-refractivity contribution in [3.05, 3.63) is 27.7 Å². The third-order valence-electron chi connectivity index (χ3n) is 2.10. The van der Waals surface area contributed by atoms with Gasteiger partial charge in [-0.25, -0.2) is 0 Å². The third kappa shape index (κ3) is 4.41. The number of hydrogen-bond donors (Lipinski definition) is 2. The van der Waals surface area contributed by atoms with Gasteiger partial charge in [0, 0.05) is 18.8 Å². The average molecular weight is 293 g/mol. The predicted molar refractivity (Wildman–Crippen MR) is 68.6 cm³/mol. The quantitative estimate of drug-likeness (QED) is 0.784. The second kappa shape index (κ2) is 7.09. The maximum atomic E-state index is 8.62. The molecule has 4 heteroatoms. The molecule has 1 rings (SSSR count). The summed E-state index contributed by atoms with van der Waals surface area (Å²) in [6, 6.07) is 5.76. The Hall–Kier alpha value is -0.250. The highest BCUT2D eigenvalue weighted by atomic mass is 79.9. The lowest BCUT2D eigenvalue weighted by Crippen LogP contribution is -2.02. The van der Waals surface area contributed by atoms with Gasteiger partial charge in [-0.05, 0) is 47.3 Å². The van der Waals surface area contributed by atoms with Gasteiger partial charge in [0.1, 0.15) is 0 Å². The first-order valence-corrected chi connectivity index (χ1v) is 6.21. The van der Waals surface area contributed by atoms with Gasteiger partial charge in [-0.1, -0.05) is 17.7 Å². The Morgan fingerprint density at radius 1 is 1.27 bits per heavy atom. The van der Waals surface area contributed by atoms with E-state index in [1.165, 1.54) is 0 Å². The van der Waals surface area contributed by atoms with Gasteiger partial charge in [0.2, 0.25) is 0 Å². The topological polar surface area (TPSA) is 32.3 Å². The molecule has 84 valence electrons. The first-order chi connectivity index (χ1) is 7.25. The van der Waals surface area contributed by atoms with Crippen LogP contribution in [0.25, 0.3) is 0 Å². The Kier molecular flexibility index (Phi) is 6.06. The van der Waals surface area contributed by atoms with Crippen LogP contribution in [-0.2, 0) is 0 Å². The number of aliphatic hydroxyl groups is 1. The highest BCUT2D eigenvalue weighted by Gasteiger charge is 2.01. The smallest absolute Gasteiger partial charge is 0.0593 e. The van der Waals surface area contributed by atoms with Crippen LogP contribution in [0.4, 0.5) is 5.69 Å². The van der Waals surface area contributed by atoms with Crippen LogP contribution in [0.3, 0.4) is 0 Å². The molecule has 0 saturated carbocycles. The van der Waals surface area contributed by atoms with E-state index >= 15 is 0 Å². The Morgan fingerprint density at radius 3 is 2.80 bits per heavy atom. The van der Waals surface area contributed by atoms with Gasteiger partial charge in [-0.15, -0.1) is 0 Å². The van der Waals surface area contributed by atoms with E-state index in [1.807, 2.05) is 18.2 Å². The van der Waals surface area contributed by atoms with Gasteiger partial charge in [0.15, 0.2) is 0 Å². The summed E-state index contributed by atoms with van der Waals surface area (Å²) in [4.78, 5) is 0. The summed E-state index contributed by atoms with van der Waals surface area (Å²) >= 11 is 9.39. The third-order valence-corrected chi connectivity index (χ3v) is 3.50. The molecule has 1 aromatic rings. The lowest BCUT2D eigenvalue weighted by molar-refractivity contribution is 0.283. The van der Waals surface area contributed by atoms with Crippen molar-refractivity contribution in [2.45, 2.75) is 19.3 Å². The molecule has 0 heterocycles. The average Bonchev–Trinajstić information content (AvgIpc) is 2.24. The van der Waals surface area contributed by atoms with E-state index in [0.29, 0.717) is 0 Å². The van der Waals surface area contributed by atoms with Crippen LogP contribution in [-0.4, -0.2) is 18.3 Å². The lowest BCUT2D eigenvalue weighted by atomic mass is 10.2. The number of nitrogens with one attached hydrogen (secondary N) is 1. The fourth-order valence-corrected chi connectivity index (χ4v) is 1.86. The second-order valence-corrected chi connectivity index (χ2v) is 4.51. The SMILES string of the molecule is OCCCCCNc1cccc(Cl)c1Br. The van der Waals surface area contributed by atoms with Crippen molar-refractivity contribution in [3.8, 4) is 0 Å². The Morgan fingerprint density at radius 2 is 2.07 bits per heavy atom. The van der Waals surface area contributed by atoms with Crippen molar-refractivity contribution in [1.82, 2.24) is 0 Å². The molecule has 2 N–H and O–H groups in total. The van der Waals surface area contributed by atoms with Crippen molar-refractivity contribution in [2.75, 3.05) is 18.5 Å². The van der Waals surface area contributed by atoms with Crippen molar-refractivity contribution >= 4 is 33.2 Å². The first-order valence-electron chi connectivity index (χ1n) is 5.04. The molecule has 0 aliphatic heterocycles. The molecular weight excluding hydrogens is 277 g/mol. The predicted octanol–water partition coefficient (Wildman–Crippen LogP) is 3.68. The molecule has 0 unspecified atom stereocenters. The molecule has 1 aromatic carbocycles. The summed E-state index contributed by atoms with van der Waals surface area (Å²) in [7, 11) is 0.